The fraction of sp³-hybridized carbons (Fsp3) is 0.0435. The van der Waals surface area contributed by atoms with Crippen LogP contribution in [0, 0.1) is 31.6 Å². The number of carbonyl (C=O) groups excluding carboxylic acids is 1. The molecule has 3 aromatic carbocycles. The van der Waals surface area contributed by atoms with Gasteiger partial charge in [-0.2, -0.15) is 5.26 Å². The molecule has 1 N–H and O–H groups in total. The van der Waals surface area contributed by atoms with Crippen LogP contribution in [0.5, 0.6) is 17.2 Å². The largest absolute Gasteiger partial charge is 0.493 e. The Morgan fingerprint density at radius 1 is 0.972 bits per heavy atom. The summed E-state index contributed by atoms with van der Waals surface area (Å²) in [5.41, 5.74) is -0.732. The number of nitrogens with zero attached hydrogens (tertiary/aromatic N) is 3. The molecule has 36 heavy (non-hydrogen) atoms. The third-order valence-corrected chi connectivity index (χ3v) is 5.35. The summed E-state index contributed by atoms with van der Waals surface area (Å²) in [7, 11) is 1.34. The molecule has 0 bridgehead atoms. The highest BCUT2D eigenvalue weighted by atomic mass is 35.5. The Balaban J connectivity index is 1.94. The van der Waals surface area contributed by atoms with Crippen LogP contribution < -0.4 is 14.8 Å². The Morgan fingerprint density at radius 2 is 1.69 bits per heavy atom. The van der Waals surface area contributed by atoms with Gasteiger partial charge < -0.3 is 14.8 Å². The molecule has 0 fully saturated rings. The molecule has 11 nitrogen and oxygen atoms in total. The van der Waals surface area contributed by atoms with Gasteiger partial charge in [-0.3, -0.25) is 25.0 Å². The van der Waals surface area contributed by atoms with Crippen LogP contribution in [0.3, 0.4) is 0 Å². The van der Waals surface area contributed by atoms with Gasteiger partial charge in [-0.15, -0.1) is 0 Å². The number of rotatable bonds is 8. The molecule has 0 heterocycles. The maximum Gasteiger partial charge on any atom is 0.318 e. The Bertz CT molecular complexity index is 1450. The number of hydrogen-bond acceptors (Lipinski definition) is 8. The summed E-state index contributed by atoms with van der Waals surface area (Å²) < 4.78 is 10.9. The number of nitro groups is 2. The lowest BCUT2D eigenvalue weighted by Crippen LogP contribution is -2.13. The van der Waals surface area contributed by atoms with E-state index in [9.17, 15) is 30.3 Å². The smallest absolute Gasteiger partial charge is 0.318 e. The third kappa shape index (κ3) is 6.06. The molecule has 0 unspecified atom stereocenters. The van der Waals surface area contributed by atoms with Crippen molar-refractivity contribution in [2.45, 2.75) is 0 Å². The van der Waals surface area contributed by atoms with Gasteiger partial charge in [0.15, 0.2) is 11.5 Å². The fourth-order valence-electron chi connectivity index (χ4n) is 2.92. The fourth-order valence-corrected chi connectivity index (χ4v) is 3.22. The monoisotopic (exact) mass is 528 g/mol. The molecule has 1 amide bonds. The predicted molar refractivity (Wildman–Crippen MR) is 132 cm³/mol. The molecule has 0 aliphatic rings. The quantitative estimate of drug-likeness (QED) is 0.157. The Hall–Kier alpha value is -4.66. The highest BCUT2D eigenvalue weighted by Gasteiger charge is 2.22. The van der Waals surface area contributed by atoms with Crippen LogP contribution in [0.4, 0.5) is 17.1 Å². The van der Waals surface area contributed by atoms with E-state index in [1.807, 2.05) is 0 Å². The molecule has 13 heteroatoms. The number of hydrogen-bond donors (Lipinski definition) is 1. The third-order valence-electron chi connectivity index (χ3n) is 4.61. The van der Waals surface area contributed by atoms with Crippen LogP contribution in [-0.4, -0.2) is 22.9 Å². The number of amides is 1. The maximum atomic E-state index is 12.6. The minimum atomic E-state index is -0.820. The molecule has 3 aromatic rings. The van der Waals surface area contributed by atoms with Crippen molar-refractivity contribution in [3.05, 3.63) is 96.0 Å². The molecule has 0 atom stereocenters. The highest BCUT2D eigenvalue weighted by molar-refractivity contribution is 6.42. The van der Waals surface area contributed by atoms with Crippen LogP contribution in [0.2, 0.25) is 10.0 Å². The Kier molecular flexibility index (Phi) is 8.06. The molecule has 0 saturated heterocycles. The van der Waals surface area contributed by atoms with Crippen molar-refractivity contribution in [3.8, 4) is 23.3 Å². The summed E-state index contributed by atoms with van der Waals surface area (Å²) in [6.07, 6.45) is 1.27. The number of benzene rings is 3. The zero-order valence-electron chi connectivity index (χ0n) is 18.2. The molecule has 182 valence electrons. The number of anilines is 1. The van der Waals surface area contributed by atoms with E-state index in [1.54, 1.807) is 6.07 Å². The minimum Gasteiger partial charge on any atom is -0.493 e. The lowest BCUT2D eigenvalue weighted by Gasteiger charge is -2.11. The number of ether oxygens (including phenoxy) is 2. The average molecular weight is 529 g/mol. The summed E-state index contributed by atoms with van der Waals surface area (Å²) >= 11 is 11.8. The lowest BCUT2D eigenvalue weighted by atomic mass is 10.1. The van der Waals surface area contributed by atoms with Gasteiger partial charge in [0.05, 0.1) is 33.1 Å². The number of halogens is 2. The summed E-state index contributed by atoms with van der Waals surface area (Å²) in [4.78, 5) is 33.4. The molecule has 3 rings (SSSR count). The second-order valence-corrected chi connectivity index (χ2v) is 7.75. The van der Waals surface area contributed by atoms with Crippen molar-refractivity contribution in [1.29, 1.82) is 5.26 Å². The van der Waals surface area contributed by atoms with Crippen molar-refractivity contribution in [3.63, 3.8) is 0 Å². The zero-order chi connectivity index (χ0) is 26.4. The first-order valence-corrected chi connectivity index (χ1v) is 10.6. The molecular weight excluding hydrogens is 515 g/mol. The van der Waals surface area contributed by atoms with Crippen molar-refractivity contribution in [1.82, 2.24) is 0 Å². The van der Waals surface area contributed by atoms with E-state index in [1.165, 1.54) is 49.6 Å². The number of carbonyl (C=O) groups is 1. The summed E-state index contributed by atoms with van der Waals surface area (Å²) in [6, 6.07) is 13.5. The first kappa shape index (κ1) is 26.0. The Labute approximate surface area is 213 Å². The van der Waals surface area contributed by atoms with Gasteiger partial charge in [-0.05, 0) is 48.0 Å². The van der Waals surface area contributed by atoms with Crippen LogP contribution in [0.15, 0.2) is 60.2 Å². The van der Waals surface area contributed by atoms with Gasteiger partial charge in [0.2, 0.25) is 5.75 Å². The van der Waals surface area contributed by atoms with Crippen molar-refractivity contribution in [2.24, 2.45) is 0 Å². The summed E-state index contributed by atoms with van der Waals surface area (Å²) in [5.74, 6) is -0.813. The molecular formula is C23H14Cl2N4O7. The Morgan fingerprint density at radius 3 is 2.31 bits per heavy atom. The number of methoxy groups -OCH3 is 1. The van der Waals surface area contributed by atoms with E-state index in [0.717, 1.165) is 18.2 Å². The van der Waals surface area contributed by atoms with E-state index in [2.05, 4.69) is 5.32 Å². The maximum absolute atomic E-state index is 12.6. The van der Waals surface area contributed by atoms with E-state index in [-0.39, 0.29) is 27.8 Å². The van der Waals surface area contributed by atoms with Crippen molar-refractivity contribution in [2.75, 3.05) is 12.4 Å². The van der Waals surface area contributed by atoms with E-state index >= 15 is 0 Å². The molecule has 0 aliphatic carbocycles. The molecule has 0 aromatic heterocycles. The van der Waals surface area contributed by atoms with Gasteiger partial charge in [-0.1, -0.05) is 29.3 Å². The molecule has 0 radical (unpaired) electrons. The van der Waals surface area contributed by atoms with Crippen LogP contribution in [0.1, 0.15) is 5.56 Å². The van der Waals surface area contributed by atoms with Gasteiger partial charge in [0.25, 0.3) is 11.6 Å². The normalized spacial score (nSPS) is 10.8. The van der Waals surface area contributed by atoms with Gasteiger partial charge in [0, 0.05) is 11.8 Å². The first-order chi connectivity index (χ1) is 17.1. The van der Waals surface area contributed by atoms with Crippen molar-refractivity contribution < 1.29 is 24.1 Å². The van der Waals surface area contributed by atoms with E-state index in [4.69, 9.17) is 32.7 Å². The van der Waals surface area contributed by atoms with Crippen molar-refractivity contribution >= 4 is 52.2 Å². The number of non-ortho nitro benzene ring substituents is 1. The lowest BCUT2D eigenvalue weighted by molar-refractivity contribution is -0.394. The van der Waals surface area contributed by atoms with E-state index in [0.29, 0.717) is 16.3 Å². The summed E-state index contributed by atoms with van der Waals surface area (Å²) in [5, 5.41) is 34.9. The first-order valence-electron chi connectivity index (χ1n) is 9.80. The molecule has 0 spiro atoms. The van der Waals surface area contributed by atoms with Gasteiger partial charge >= 0.3 is 5.69 Å². The van der Waals surface area contributed by atoms with E-state index < -0.39 is 27.1 Å². The topological polar surface area (TPSA) is 158 Å². The van der Waals surface area contributed by atoms with Crippen LogP contribution in [-0.2, 0) is 4.79 Å². The molecule has 0 saturated carbocycles. The van der Waals surface area contributed by atoms with Gasteiger partial charge in [0.1, 0.15) is 11.6 Å². The number of nitro benzene ring substituents is 2. The van der Waals surface area contributed by atoms with Crippen LogP contribution in [0.25, 0.3) is 6.08 Å². The summed E-state index contributed by atoms with van der Waals surface area (Å²) in [6.45, 7) is 0. The number of nitriles is 1. The second kappa shape index (κ2) is 11.2. The molecule has 0 aliphatic heterocycles. The van der Waals surface area contributed by atoms with Crippen LogP contribution >= 0.6 is 23.2 Å². The minimum absolute atomic E-state index is 0.00499. The SMILES string of the molecule is COc1ccc(/C=C(\C#N)C(=O)Nc2ccc(Cl)c(Cl)c2)cc1Oc1ccc([N+](=O)[O-])cc1[N+](=O)[O-]. The van der Waals surface area contributed by atoms with Gasteiger partial charge in [-0.25, -0.2) is 0 Å². The standard InChI is InChI=1S/C23H14Cl2N4O7/c1-35-21-6-2-13(8-14(12-26)23(30)27-15-3-5-17(24)18(25)10-15)9-22(21)36-20-7-4-16(28(31)32)11-19(20)29(33)34/h2-11H,1H3,(H,27,30)/b14-8+. The number of nitrogens with one attached hydrogen (secondary N) is 1. The predicted octanol–water partition coefficient (Wildman–Crippen LogP) is 6.16. The average Bonchev–Trinajstić information content (AvgIpc) is 2.84. The highest BCUT2D eigenvalue weighted by Crippen LogP contribution is 2.38. The zero-order valence-corrected chi connectivity index (χ0v) is 19.7. The second-order valence-electron chi connectivity index (χ2n) is 6.93.